The smallest absolute Gasteiger partial charge is 0.335 e. The average Bonchev–Trinajstić information content (AvgIpc) is 2.46. The number of anilines is 1. The molecule has 104 valence electrons. The summed E-state index contributed by atoms with van der Waals surface area (Å²) in [5, 5.41) is 9.01. The van der Waals surface area contributed by atoms with Gasteiger partial charge in [-0.1, -0.05) is 24.3 Å². The van der Waals surface area contributed by atoms with Crippen molar-refractivity contribution in [3.8, 4) is 0 Å². The second-order valence-electron chi connectivity index (χ2n) is 4.66. The number of hydrogen-bond donors (Lipinski definition) is 1. The first kappa shape index (κ1) is 14.1. The van der Waals surface area contributed by atoms with Crippen molar-refractivity contribution in [1.82, 2.24) is 0 Å². The zero-order chi connectivity index (χ0) is 14.7. The van der Waals surface area contributed by atoms with Crippen molar-refractivity contribution < 1.29 is 14.3 Å². The molecular formula is C16H16FNO2. The Morgan fingerprint density at radius 3 is 2.55 bits per heavy atom. The number of hydrogen-bond acceptors (Lipinski definition) is 2. The quantitative estimate of drug-likeness (QED) is 0.923. The highest BCUT2D eigenvalue weighted by Crippen LogP contribution is 2.27. The fourth-order valence-electron chi connectivity index (χ4n) is 2.10. The number of nitrogens with zero attached hydrogens (tertiary/aromatic N) is 1. The largest absolute Gasteiger partial charge is 0.478 e. The van der Waals surface area contributed by atoms with E-state index in [1.807, 2.05) is 24.9 Å². The molecular weight excluding hydrogens is 257 g/mol. The molecule has 0 heterocycles. The molecule has 1 atom stereocenters. The molecule has 0 bridgehead atoms. The van der Waals surface area contributed by atoms with Gasteiger partial charge in [0.2, 0.25) is 0 Å². The Bertz CT molecular complexity index is 627. The van der Waals surface area contributed by atoms with Gasteiger partial charge in [0, 0.05) is 18.3 Å². The lowest BCUT2D eigenvalue weighted by molar-refractivity contribution is 0.0697. The molecule has 0 aliphatic carbocycles. The van der Waals surface area contributed by atoms with Crippen molar-refractivity contribution in [2.45, 2.75) is 13.0 Å². The summed E-state index contributed by atoms with van der Waals surface area (Å²) in [5.74, 6) is -1.24. The van der Waals surface area contributed by atoms with Crippen LogP contribution in [0.1, 0.15) is 28.9 Å². The van der Waals surface area contributed by atoms with Crippen LogP contribution in [-0.2, 0) is 0 Å². The number of rotatable bonds is 4. The number of carboxylic acids is 1. The van der Waals surface area contributed by atoms with Crippen LogP contribution in [0.5, 0.6) is 0 Å². The van der Waals surface area contributed by atoms with Crippen LogP contribution >= 0.6 is 0 Å². The summed E-state index contributed by atoms with van der Waals surface area (Å²) in [5.41, 5.74) is 1.53. The first-order valence-electron chi connectivity index (χ1n) is 6.31. The second kappa shape index (κ2) is 5.74. The predicted molar refractivity (Wildman–Crippen MR) is 76.6 cm³/mol. The molecule has 1 unspecified atom stereocenters. The Hall–Kier alpha value is -2.36. The minimum Gasteiger partial charge on any atom is -0.478 e. The Balaban J connectivity index is 2.31. The average molecular weight is 273 g/mol. The number of benzene rings is 2. The van der Waals surface area contributed by atoms with E-state index in [0.29, 0.717) is 5.56 Å². The highest BCUT2D eigenvalue weighted by Gasteiger charge is 2.16. The molecule has 2 aromatic carbocycles. The Morgan fingerprint density at radius 2 is 1.90 bits per heavy atom. The lowest BCUT2D eigenvalue weighted by atomic mass is 10.1. The highest BCUT2D eigenvalue weighted by molar-refractivity contribution is 5.88. The van der Waals surface area contributed by atoms with Gasteiger partial charge in [-0.3, -0.25) is 0 Å². The van der Waals surface area contributed by atoms with Crippen LogP contribution in [0.3, 0.4) is 0 Å². The van der Waals surface area contributed by atoms with Crippen LogP contribution in [0.2, 0.25) is 0 Å². The van der Waals surface area contributed by atoms with E-state index in [2.05, 4.69) is 0 Å². The minimum absolute atomic E-state index is 0.194. The minimum atomic E-state index is -0.973. The summed E-state index contributed by atoms with van der Waals surface area (Å²) in [4.78, 5) is 12.8. The van der Waals surface area contributed by atoms with Crippen molar-refractivity contribution in [2.24, 2.45) is 0 Å². The third-order valence-corrected chi connectivity index (χ3v) is 3.44. The molecule has 0 saturated heterocycles. The topological polar surface area (TPSA) is 40.5 Å². The van der Waals surface area contributed by atoms with Crippen LogP contribution < -0.4 is 4.90 Å². The molecule has 1 N–H and O–H groups in total. The van der Waals surface area contributed by atoms with E-state index in [-0.39, 0.29) is 17.4 Å². The van der Waals surface area contributed by atoms with Crippen LogP contribution in [-0.4, -0.2) is 18.1 Å². The van der Waals surface area contributed by atoms with Gasteiger partial charge in [-0.25, -0.2) is 9.18 Å². The van der Waals surface area contributed by atoms with Crippen LogP contribution in [0.4, 0.5) is 10.1 Å². The van der Waals surface area contributed by atoms with Gasteiger partial charge in [-0.15, -0.1) is 0 Å². The van der Waals surface area contributed by atoms with E-state index < -0.39 is 5.97 Å². The van der Waals surface area contributed by atoms with Gasteiger partial charge in [0.05, 0.1) is 11.6 Å². The number of aromatic carboxylic acids is 1. The highest BCUT2D eigenvalue weighted by atomic mass is 19.1. The van der Waals surface area contributed by atoms with Crippen molar-refractivity contribution >= 4 is 11.7 Å². The van der Waals surface area contributed by atoms with Crippen LogP contribution in [0.15, 0.2) is 48.5 Å². The molecule has 4 heteroatoms. The second-order valence-corrected chi connectivity index (χ2v) is 4.66. The third-order valence-electron chi connectivity index (χ3n) is 3.44. The van der Waals surface area contributed by atoms with E-state index in [1.165, 1.54) is 12.1 Å². The Morgan fingerprint density at radius 1 is 1.20 bits per heavy atom. The molecule has 0 fully saturated rings. The molecule has 0 aliphatic heterocycles. The molecule has 3 nitrogen and oxygen atoms in total. The lowest BCUT2D eigenvalue weighted by Crippen LogP contribution is -2.22. The SMILES string of the molecule is CC(c1ccccc1F)N(C)c1cccc(C(=O)O)c1. The molecule has 0 spiro atoms. The van der Waals surface area contributed by atoms with Gasteiger partial charge < -0.3 is 10.0 Å². The Labute approximate surface area is 117 Å². The fraction of sp³-hybridized carbons (Fsp3) is 0.188. The van der Waals surface area contributed by atoms with Crippen molar-refractivity contribution in [1.29, 1.82) is 0 Å². The summed E-state index contributed by atoms with van der Waals surface area (Å²) in [7, 11) is 1.82. The molecule has 0 amide bonds. The maximum absolute atomic E-state index is 13.8. The van der Waals surface area contributed by atoms with Crippen LogP contribution in [0, 0.1) is 5.82 Å². The standard InChI is InChI=1S/C16H16FNO2/c1-11(14-8-3-4-9-15(14)17)18(2)13-7-5-6-12(10-13)16(19)20/h3-11H,1-2H3,(H,19,20). The normalized spacial score (nSPS) is 11.9. The monoisotopic (exact) mass is 273 g/mol. The van der Waals surface area contributed by atoms with Gasteiger partial charge in [0.25, 0.3) is 0 Å². The van der Waals surface area contributed by atoms with E-state index in [9.17, 15) is 9.18 Å². The maximum Gasteiger partial charge on any atom is 0.335 e. The molecule has 0 aromatic heterocycles. The molecule has 20 heavy (non-hydrogen) atoms. The molecule has 0 aliphatic rings. The van der Waals surface area contributed by atoms with Crippen LogP contribution in [0.25, 0.3) is 0 Å². The van der Waals surface area contributed by atoms with Crippen molar-refractivity contribution in [3.63, 3.8) is 0 Å². The zero-order valence-electron chi connectivity index (χ0n) is 11.4. The lowest BCUT2D eigenvalue weighted by Gasteiger charge is -2.28. The van der Waals surface area contributed by atoms with Crippen molar-refractivity contribution in [3.05, 3.63) is 65.5 Å². The number of carboxylic acid groups (broad SMARTS) is 1. The van der Waals surface area contributed by atoms with E-state index >= 15 is 0 Å². The van der Waals surface area contributed by atoms with Gasteiger partial charge >= 0.3 is 5.97 Å². The van der Waals surface area contributed by atoms with E-state index in [4.69, 9.17) is 5.11 Å². The predicted octanol–water partition coefficient (Wildman–Crippen LogP) is 3.72. The molecule has 0 radical (unpaired) electrons. The summed E-state index contributed by atoms with van der Waals surface area (Å²) in [6, 6.07) is 13.0. The summed E-state index contributed by atoms with van der Waals surface area (Å²) in [6.45, 7) is 1.88. The fourth-order valence-corrected chi connectivity index (χ4v) is 2.10. The third kappa shape index (κ3) is 2.79. The van der Waals surface area contributed by atoms with Gasteiger partial charge in [-0.05, 0) is 31.2 Å². The van der Waals surface area contributed by atoms with Gasteiger partial charge in [-0.2, -0.15) is 0 Å². The van der Waals surface area contributed by atoms with E-state index in [1.54, 1.807) is 30.3 Å². The van der Waals surface area contributed by atoms with Gasteiger partial charge in [0.1, 0.15) is 5.82 Å². The maximum atomic E-state index is 13.8. The summed E-state index contributed by atoms with van der Waals surface area (Å²) in [6.07, 6.45) is 0. The van der Waals surface area contributed by atoms with Gasteiger partial charge in [0.15, 0.2) is 0 Å². The van der Waals surface area contributed by atoms with E-state index in [0.717, 1.165) is 5.69 Å². The summed E-state index contributed by atoms with van der Waals surface area (Å²) >= 11 is 0. The number of halogens is 1. The van der Waals surface area contributed by atoms with Crippen molar-refractivity contribution in [2.75, 3.05) is 11.9 Å². The first-order valence-corrected chi connectivity index (χ1v) is 6.31. The zero-order valence-corrected chi connectivity index (χ0v) is 11.4. The Kier molecular flexibility index (Phi) is 4.03. The molecule has 2 aromatic rings. The first-order chi connectivity index (χ1) is 9.50. The molecule has 0 saturated carbocycles. The summed E-state index contributed by atoms with van der Waals surface area (Å²) < 4.78 is 13.8. The molecule has 2 rings (SSSR count). The number of carbonyl (C=O) groups is 1.